The monoisotopic (exact) mass is 180 g/mol. The highest BCUT2D eigenvalue weighted by molar-refractivity contribution is 6.20. The summed E-state index contributed by atoms with van der Waals surface area (Å²) in [5.74, 6) is 0.831. The van der Waals surface area contributed by atoms with Crippen molar-refractivity contribution in [2.24, 2.45) is 0 Å². The summed E-state index contributed by atoms with van der Waals surface area (Å²) < 4.78 is 0. The number of aromatic amines is 1. The summed E-state index contributed by atoms with van der Waals surface area (Å²) in [7, 11) is 0. The smallest absolute Gasteiger partial charge is 0.125 e. The lowest BCUT2D eigenvalue weighted by Crippen LogP contribution is -1.85. The summed E-state index contributed by atoms with van der Waals surface area (Å²) >= 11 is 5.88. The van der Waals surface area contributed by atoms with E-state index in [1.54, 1.807) is 0 Å². The summed E-state index contributed by atoms with van der Waals surface area (Å²) in [5, 5.41) is -0.0580. The summed E-state index contributed by atoms with van der Waals surface area (Å²) in [6.45, 7) is 1.90. The fourth-order valence-electron chi connectivity index (χ4n) is 1.16. The lowest BCUT2D eigenvalue weighted by molar-refractivity contribution is 0.962. The van der Waals surface area contributed by atoms with Crippen LogP contribution in [0.5, 0.6) is 0 Å². The van der Waals surface area contributed by atoms with Gasteiger partial charge in [0.25, 0.3) is 0 Å². The van der Waals surface area contributed by atoms with Gasteiger partial charge in [-0.2, -0.15) is 0 Å². The molecule has 2 rings (SSSR count). The number of para-hydroxylation sites is 2. The van der Waals surface area contributed by atoms with Crippen LogP contribution in [0.15, 0.2) is 24.3 Å². The van der Waals surface area contributed by atoms with Gasteiger partial charge in [-0.3, -0.25) is 0 Å². The predicted molar refractivity (Wildman–Crippen MR) is 50.4 cm³/mol. The Morgan fingerprint density at radius 3 is 2.83 bits per heavy atom. The van der Waals surface area contributed by atoms with E-state index >= 15 is 0 Å². The van der Waals surface area contributed by atoms with Crippen LogP contribution < -0.4 is 0 Å². The molecule has 12 heavy (non-hydrogen) atoms. The molecule has 0 fully saturated rings. The molecule has 1 atom stereocenters. The SMILES string of the molecule is CC(Cl)c1nc2ccccc2[nH]1. The molecule has 0 radical (unpaired) electrons. The van der Waals surface area contributed by atoms with Crippen LogP contribution in [0, 0.1) is 0 Å². The molecule has 2 nitrogen and oxygen atoms in total. The van der Waals surface area contributed by atoms with Crippen molar-refractivity contribution in [2.75, 3.05) is 0 Å². The highest BCUT2D eigenvalue weighted by atomic mass is 35.5. The minimum Gasteiger partial charge on any atom is -0.341 e. The van der Waals surface area contributed by atoms with Gasteiger partial charge in [0.15, 0.2) is 0 Å². The molecule has 1 aromatic heterocycles. The van der Waals surface area contributed by atoms with Crippen molar-refractivity contribution < 1.29 is 0 Å². The minimum absolute atomic E-state index is 0.0580. The Morgan fingerprint density at radius 2 is 2.17 bits per heavy atom. The Balaban J connectivity index is 2.62. The predicted octanol–water partition coefficient (Wildman–Crippen LogP) is 2.86. The Kier molecular flexibility index (Phi) is 1.77. The van der Waals surface area contributed by atoms with E-state index in [2.05, 4.69) is 9.97 Å². The molecule has 2 aromatic rings. The van der Waals surface area contributed by atoms with E-state index < -0.39 is 0 Å². The van der Waals surface area contributed by atoms with Gasteiger partial charge in [-0.15, -0.1) is 11.6 Å². The lowest BCUT2D eigenvalue weighted by atomic mass is 10.3. The van der Waals surface area contributed by atoms with Crippen molar-refractivity contribution in [1.82, 2.24) is 9.97 Å². The van der Waals surface area contributed by atoms with E-state index in [-0.39, 0.29) is 5.38 Å². The number of halogens is 1. The molecular weight excluding hydrogens is 172 g/mol. The first-order chi connectivity index (χ1) is 5.77. The molecule has 1 unspecified atom stereocenters. The van der Waals surface area contributed by atoms with Gasteiger partial charge in [-0.1, -0.05) is 12.1 Å². The molecule has 0 aliphatic rings. The van der Waals surface area contributed by atoms with E-state index in [9.17, 15) is 0 Å². The number of fused-ring (bicyclic) bond motifs is 1. The number of hydrogen-bond donors (Lipinski definition) is 1. The molecule has 0 saturated carbocycles. The molecule has 62 valence electrons. The topological polar surface area (TPSA) is 28.7 Å². The Morgan fingerprint density at radius 1 is 1.42 bits per heavy atom. The van der Waals surface area contributed by atoms with Crippen LogP contribution in [0.25, 0.3) is 11.0 Å². The van der Waals surface area contributed by atoms with Crippen LogP contribution in [-0.2, 0) is 0 Å². The largest absolute Gasteiger partial charge is 0.341 e. The Labute approximate surface area is 75.6 Å². The molecule has 0 saturated heterocycles. The molecule has 3 heteroatoms. The van der Waals surface area contributed by atoms with Gasteiger partial charge >= 0.3 is 0 Å². The average molecular weight is 181 g/mol. The normalized spacial score (nSPS) is 13.5. The third-order valence-electron chi connectivity index (χ3n) is 1.78. The maximum Gasteiger partial charge on any atom is 0.125 e. The first-order valence-corrected chi connectivity index (χ1v) is 4.30. The Hall–Kier alpha value is -1.02. The quantitative estimate of drug-likeness (QED) is 0.672. The van der Waals surface area contributed by atoms with Gasteiger partial charge in [-0.05, 0) is 19.1 Å². The second-order valence-corrected chi connectivity index (χ2v) is 3.41. The number of nitrogens with zero attached hydrogens (tertiary/aromatic N) is 1. The number of aromatic nitrogens is 2. The molecule has 0 bridgehead atoms. The van der Waals surface area contributed by atoms with Crippen LogP contribution in [0.4, 0.5) is 0 Å². The van der Waals surface area contributed by atoms with E-state index in [0.29, 0.717) is 0 Å². The maximum atomic E-state index is 5.88. The molecule has 0 aliphatic carbocycles. The summed E-state index contributed by atoms with van der Waals surface area (Å²) in [5.41, 5.74) is 2.01. The molecule has 1 N–H and O–H groups in total. The van der Waals surface area contributed by atoms with Crippen LogP contribution in [-0.4, -0.2) is 9.97 Å². The first kappa shape index (κ1) is 7.62. The summed E-state index contributed by atoms with van der Waals surface area (Å²) in [4.78, 5) is 7.48. The zero-order chi connectivity index (χ0) is 8.55. The number of benzene rings is 1. The van der Waals surface area contributed by atoms with Gasteiger partial charge in [0.05, 0.1) is 16.4 Å². The number of nitrogens with one attached hydrogen (secondary N) is 1. The maximum absolute atomic E-state index is 5.88. The zero-order valence-corrected chi connectivity index (χ0v) is 7.47. The van der Waals surface area contributed by atoms with Crippen molar-refractivity contribution in [3.05, 3.63) is 30.1 Å². The van der Waals surface area contributed by atoms with Crippen molar-refractivity contribution in [1.29, 1.82) is 0 Å². The minimum atomic E-state index is -0.0580. The molecule has 0 aliphatic heterocycles. The zero-order valence-electron chi connectivity index (χ0n) is 6.71. The fraction of sp³-hybridized carbons (Fsp3) is 0.222. The van der Waals surface area contributed by atoms with Gasteiger partial charge in [0, 0.05) is 0 Å². The van der Waals surface area contributed by atoms with Gasteiger partial charge in [-0.25, -0.2) is 4.98 Å². The standard InChI is InChI=1S/C9H9ClN2/c1-6(10)9-11-7-4-2-3-5-8(7)12-9/h2-6H,1H3,(H,11,12). The number of imidazole rings is 1. The number of hydrogen-bond acceptors (Lipinski definition) is 1. The van der Waals surface area contributed by atoms with Crippen LogP contribution in [0.3, 0.4) is 0 Å². The molecular formula is C9H9ClN2. The Bertz CT molecular complexity index is 359. The molecule has 0 amide bonds. The highest BCUT2D eigenvalue weighted by Gasteiger charge is 2.05. The van der Waals surface area contributed by atoms with Crippen LogP contribution in [0.1, 0.15) is 18.1 Å². The van der Waals surface area contributed by atoms with Crippen LogP contribution in [0.2, 0.25) is 0 Å². The third kappa shape index (κ3) is 1.18. The van der Waals surface area contributed by atoms with E-state index in [4.69, 9.17) is 11.6 Å². The second kappa shape index (κ2) is 2.79. The number of alkyl halides is 1. The number of H-pyrrole nitrogens is 1. The van der Waals surface area contributed by atoms with Gasteiger partial charge in [0.2, 0.25) is 0 Å². The molecule has 1 aromatic carbocycles. The van der Waals surface area contributed by atoms with Crippen molar-refractivity contribution in [3.63, 3.8) is 0 Å². The lowest BCUT2D eigenvalue weighted by Gasteiger charge is -1.93. The highest BCUT2D eigenvalue weighted by Crippen LogP contribution is 2.19. The van der Waals surface area contributed by atoms with Gasteiger partial charge < -0.3 is 4.98 Å². The van der Waals surface area contributed by atoms with Crippen molar-refractivity contribution in [3.8, 4) is 0 Å². The van der Waals surface area contributed by atoms with Gasteiger partial charge in [0.1, 0.15) is 5.82 Å². The molecule has 1 heterocycles. The summed E-state index contributed by atoms with van der Waals surface area (Å²) in [6.07, 6.45) is 0. The second-order valence-electron chi connectivity index (χ2n) is 2.76. The molecule has 0 spiro atoms. The third-order valence-corrected chi connectivity index (χ3v) is 1.99. The van der Waals surface area contributed by atoms with Crippen molar-refractivity contribution >= 4 is 22.6 Å². The van der Waals surface area contributed by atoms with Crippen molar-refractivity contribution in [2.45, 2.75) is 12.3 Å². The van der Waals surface area contributed by atoms with Crippen LogP contribution >= 0.6 is 11.6 Å². The summed E-state index contributed by atoms with van der Waals surface area (Å²) in [6, 6.07) is 7.90. The van der Waals surface area contributed by atoms with E-state index in [1.807, 2.05) is 31.2 Å². The fourth-order valence-corrected chi connectivity index (χ4v) is 1.26. The average Bonchev–Trinajstić information content (AvgIpc) is 2.46. The van der Waals surface area contributed by atoms with E-state index in [1.165, 1.54) is 0 Å². The number of rotatable bonds is 1. The van der Waals surface area contributed by atoms with E-state index in [0.717, 1.165) is 16.9 Å². The first-order valence-electron chi connectivity index (χ1n) is 3.86.